The number of rotatable bonds is 0. The molecule has 0 fully saturated rings. The van der Waals surface area contributed by atoms with E-state index in [1.807, 2.05) is 0 Å². The highest BCUT2D eigenvalue weighted by Crippen LogP contribution is 2.34. The van der Waals surface area contributed by atoms with E-state index in [4.69, 9.17) is 11.6 Å². The highest BCUT2D eigenvalue weighted by Gasteiger charge is 2.32. The van der Waals surface area contributed by atoms with Crippen LogP contribution in [0.5, 0.6) is 0 Å². The van der Waals surface area contributed by atoms with Crippen LogP contribution >= 0.6 is 11.6 Å². The average Bonchev–Trinajstić information content (AvgIpc) is 2.02. The summed E-state index contributed by atoms with van der Waals surface area (Å²) < 4.78 is 36.3. The number of alkyl halides is 3. The zero-order chi connectivity index (χ0) is 12.1. The molecule has 0 nitrogen and oxygen atoms in total. The summed E-state index contributed by atoms with van der Waals surface area (Å²) in [6.45, 7) is 5.94. The standard InChI is InChI=1S/C8H6ClF3.C3H8/c1-5-2-3-6(7(9)4-5)8(10,11)12;1-3-2/h2-4H,1H3;3H2,1-2H3. The van der Waals surface area contributed by atoms with Crippen molar-refractivity contribution in [2.45, 2.75) is 33.4 Å². The van der Waals surface area contributed by atoms with Crippen molar-refractivity contribution in [2.75, 3.05) is 0 Å². The molecule has 4 heteroatoms. The summed E-state index contributed by atoms with van der Waals surface area (Å²) in [6.07, 6.45) is -3.11. The molecule has 0 N–H and O–H groups in total. The van der Waals surface area contributed by atoms with Gasteiger partial charge in [-0.3, -0.25) is 0 Å². The van der Waals surface area contributed by atoms with Gasteiger partial charge in [-0.1, -0.05) is 37.9 Å². The molecule has 0 aliphatic rings. The van der Waals surface area contributed by atoms with Gasteiger partial charge in [0.15, 0.2) is 0 Å². The summed E-state index contributed by atoms with van der Waals surface area (Å²) in [5.74, 6) is 0. The van der Waals surface area contributed by atoms with E-state index in [0.717, 1.165) is 6.07 Å². The monoisotopic (exact) mass is 238 g/mol. The van der Waals surface area contributed by atoms with E-state index in [1.165, 1.54) is 18.6 Å². The van der Waals surface area contributed by atoms with E-state index in [-0.39, 0.29) is 5.02 Å². The Bertz CT molecular complexity index is 305. The van der Waals surface area contributed by atoms with E-state index in [0.29, 0.717) is 5.56 Å². The van der Waals surface area contributed by atoms with E-state index < -0.39 is 11.7 Å². The van der Waals surface area contributed by atoms with Crippen LogP contribution in [0, 0.1) is 6.92 Å². The second-order valence-electron chi connectivity index (χ2n) is 3.19. The third kappa shape index (κ3) is 5.07. The number of aryl methyl sites for hydroxylation is 1. The summed E-state index contributed by atoms with van der Waals surface area (Å²) in [6, 6.07) is 3.66. The second kappa shape index (κ2) is 6.01. The molecule has 0 atom stereocenters. The van der Waals surface area contributed by atoms with Crippen LogP contribution in [-0.2, 0) is 6.18 Å². The van der Waals surface area contributed by atoms with Crippen LogP contribution in [0.2, 0.25) is 5.02 Å². The minimum atomic E-state index is -4.36. The van der Waals surface area contributed by atoms with Crippen LogP contribution in [0.15, 0.2) is 18.2 Å². The van der Waals surface area contributed by atoms with Gasteiger partial charge >= 0.3 is 6.18 Å². The van der Waals surface area contributed by atoms with Gasteiger partial charge in [0.2, 0.25) is 0 Å². The first kappa shape index (κ1) is 14.3. The second-order valence-corrected chi connectivity index (χ2v) is 3.60. The van der Waals surface area contributed by atoms with Crippen LogP contribution in [0.3, 0.4) is 0 Å². The molecule has 0 aliphatic heterocycles. The third-order valence-electron chi connectivity index (χ3n) is 1.43. The van der Waals surface area contributed by atoms with Crippen molar-refractivity contribution >= 4 is 11.6 Å². The molecular formula is C11H14ClF3. The topological polar surface area (TPSA) is 0 Å². The van der Waals surface area contributed by atoms with Crippen molar-refractivity contribution < 1.29 is 13.2 Å². The first-order valence-corrected chi connectivity index (χ1v) is 5.04. The molecule has 0 heterocycles. The Morgan fingerprint density at radius 3 is 2.00 bits per heavy atom. The van der Waals surface area contributed by atoms with E-state index in [2.05, 4.69) is 13.8 Å². The van der Waals surface area contributed by atoms with Crippen molar-refractivity contribution in [3.05, 3.63) is 34.3 Å². The van der Waals surface area contributed by atoms with Crippen LogP contribution in [0.1, 0.15) is 31.4 Å². The Balaban J connectivity index is 0.000000583. The Kier molecular flexibility index (Phi) is 5.73. The van der Waals surface area contributed by atoms with Crippen LogP contribution in [-0.4, -0.2) is 0 Å². The van der Waals surface area contributed by atoms with E-state index >= 15 is 0 Å². The first-order valence-electron chi connectivity index (χ1n) is 4.66. The largest absolute Gasteiger partial charge is 0.417 e. The lowest BCUT2D eigenvalue weighted by atomic mass is 10.1. The maximum atomic E-state index is 12.1. The Labute approximate surface area is 93.1 Å². The third-order valence-corrected chi connectivity index (χ3v) is 1.74. The predicted octanol–water partition coefficient (Wildman–Crippen LogP) is 5.08. The van der Waals surface area contributed by atoms with Crippen molar-refractivity contribution in [3.63, 3.8) is 0 Å². The molecule has 1 rings (SSSR count). The highest BCUT2D eigenvalue weighted by molar-refractivity contribution is 6.31. The Morgan fingerprint density at radius 2 is 1.67 bits per heavy atom. The molecule has 1 aromatic carbocycles. The summed E-state index contributed by atoms with van der Waals surface area (Å²) >= 11 is 5.39. The minimum Gasteiger partial charge on any atom is -0.166 e. The molecule has 0 unspecified atom stereocenters. The van der Waals surface area contributed by atoms with Crippen molar-refractivity contribution in [1.82, 2.24) is 0 Å². The average molecular weight is 239 g/mol. The van der Waals surface area contributed by atoms with Gasteiger partial charge in [0, 0.05) is 0 Å². The van der Waals surface area contributed by atoms with Crippen LogP contribution < -0.4 is 0 Å². The SMILES string of the molecule is CCC.Cc1ccc(C(F)(F)F)c(Cl)c1. The summed E-state index contributed by atoms with van der Waals surface area (Å²) in [5.41, 5.74) is -0.0669. The van der Waals surface area contributed by atoms with Gasteiger partial charge in [0.1, 0.15) is 0 Å². The fourth-order valence-corrected chi connectivity index (χ4v) is 1.19. The minimum absolute atomic E-state index is 0.248. The molecule has 0 saturated carbocycles. The molecule has 0 radical (unpaired) electrons. The van der Waals surface area contributed by atoms with Crippen molar-refractivity contribution in [1.29, 1.82) is 0 Å². The molecular weight excluding hydrogens is 225 g/mol. The number of halogens is 4. The molecule has 86 valence electrons. The van der Waals surface area contributed by atoms with Crippen LogP contribution in [0.25, 0.3) is 0 Å². The molecule has 0 aliphatic carbocycles. The highest BCUT2D eigenvalue weighted by atomic mass is 35.5. The maximum Gasteiger partial charge on any atom is 0.417 e. The smallest absolute Gasteiger partial charge is 0.166 e. The van der Waals surface area contributed by atoms with E-state index in [1.54, 1.807) is 6.92 Å². The normalized spacial score (nSPS) is 10.6. The van der Waals surface area contributed by atoms with Crippen molar-refractivity contribution in [3.8, 4) is 0 Å². The zero-order valence-corrected chi connectivity index (χ0v) is 9.71. The fraction of sp³-hybridized carbons (Fsp3) is 0.455. The molecule has 1 aromatic rings. The zero-order valence-electron chi connectivity index (χ0n) is 8.95. The van der Waals surface area contributed by atoms with Gasteiger partial charge in [-0.15, -0.1) is 0 Å². The lowest BCUT2D eigenvalue weighted by molar-refractivity contribution is -0.137. The lowest BCUT2D eigenvalue weighted by Crippen LogP contribution is -2.05. The first-order chi connectivity index (χ1) is 6.82. The van der Waals surface area contributed by atoms with Gasteiger partial charge in [-0.2, -0.15) is 13.2 Å². The number of benzene rings is 1. The molecule has 0 amide bonds. The number of hydrogen-bond acceptors (Lipinski definition) is 0. The van der Waals surface area contributed by atoms with Gasteiger partial charge in [-0.25, -0.2) is 0 Å². The summed E-state index contributed by atoms with van der Waals surface area (Å²) in [7, 11) is 0. The molecule has 0 saturated heterocycles. The Hall–Kier alpha value is -0.700. The van der Waals surface area contributed by atoms with Crippen molar-refractivity contribution in [2.24, 2.45) is 0 Å². The van der Waals surface area contributed by atoms with E-state index in [9.17, 15) is 13.2 Å². The molecule has 0 aromatic heterocycles. The van der Waals surface area contributed by atoms with Crippen LogP contribution in [0.4, 0.5) is 13.2 Å². The molecule has 15 heavy (non-hydrogen) atoms. The maximum absolute atomic E-state index is 12.1. The van der Waals surface area contributed by atoms with Gasteiger partial charge in [-0.05, 0) is 24.6 Å². The molecule has 0 bridgehead atoms. The quantitative estimate of drug-likeness (QED) is 0.591. The fourth-order valence-electron chi connectivity index (χ4n) is 0.850. The summed E-state index contributed by atoms with van der Waals surface area (Å²) in [5, 5.41) is -0.248. The predicted molar refractivity (Wildman–Crippen MR) is 57.2 cm³/mol. The number of hydrogen-bond donors (Lipinski definition) is 0. The van der Waals surface area contributed by atoms with Gasteiger partial charge < -0.3 is 0 Å². The van der Waals surface area contributed by atoms with Gasteiger partial charge in [0.05, 0.1) is 10.6 Å². The lowest BCUT2D eigenvalue weighted by Gasteiger charge is -2.08. The Morgan fingerprint density at radius 1 is 1.20 bits per heavy atom. The summed E-state index contributed by atoms with van der Waals surface area (Å²) in [4.78, 5) is 0. The molecule has 0 spiro atoms. The van der Waals surface area contributed by atoms with Gasteiger partial charge in [0.25, 0.3) is 0 Å².